The van der Waals surface area contributed by atoms with E-state index in [1.807, 2.05) is 0 Å². The Hall–Kier alpha value is -1.19. The minimum absolute atomic E-state index is 0.0745. The summed E-state index contributed by atoms with van der Waals surface area (Å²) >= 11 is 6.56. The first-order valence-electron chi connectivity index (χ1n) is 4.40. The molecule has 0 unspecified atom stereocenters. The molecule has 2 aromatic heterocycles. The van der Waals surface area contributed by atoms with Gasteiger partial charge in [0.1, 0.15) is 6.33 Å². The molecule has 0 aliphatic heterocycles. The molecule has 0 atom stereocenters. The zero-order chi connectivity index (χ0) is 12.6. The van der Waals surface area contributed by atoms with E-state index in [0.717, 1.165) is 11.3 Å². The molecule has 0 fully saturated rings. The van der Waals surface area contributed by atoms with Crippen LogP contribution in [0.5, 0.6) is 0 Å². The van der Waals surface area contributed by atoms with E-state index in [1.54, 1.807) is 14.0 Å². The zero-order valence-corrected chi connectivity index (χ0v) is 11.3. The first kappa shape index (κ1) is 12.3. The predicted octanol–water partition coefficient (Wildman–Crippen LogP) is 1.03. The van der Waals surface area contributed by atoms with Gasteiger partial charge in [0.25, 0.3) is 10.0 Å². The summed E-state index contributed by atoms with van der Waals surface area (Å²) in [7, 11) is -2.14. The van der Waals surface area contributed by atoms with Crippen LogP contribution in [0.3, 0.4) is 0 Å². The Labute approximate surface area is 107 Å². The van der Waals surface area contributed by atoms with Gasteiger partial charge in [-0.25, -0.2) is 22.8 Å². The lowest BCUT2D eigenvalue weighted by Crippen LogP contribution is -2.15. The number of sulfonamides is 1. The van der Waals surface area contributed by atoms with Crippen LogP contribution in [0.4, 0.5) is 5.95 Å². The zero-order valence-electron chi connectivity index (χ0n) is 8.88. The first-order valence-corrected chi connectivity index (χ1v) is 7.07. The molecule has 17 heavy (non-hydrogen) atoms. The minimum Gasteiger partial charge on any atom is -0.247 e. The van der Waals surface area contributed by atoms with Gasteiger partial charge in [0.15, 0.2) is 8.68 Å². The molecule has 2 aromatic rings. The number of aromatic nitrogens is 4. The molecule has 0 radical (unpaired) electrons. The van der Waals surface area contributed by atoms with E-state index in [4.69, 9.17) is 11.6 Å². The van der Waals surface area contributed by atoms with Crippen molar-refractivity contribution in [2.24, 2.45) is 7.05 Å². The fourth-order valence-electron chi connectivity index (χ4n) is 1.16. The lowest BCUT2D eigenvalue weighted by atomic mass is 10.6. The highest BCUT2D eigenvalue weighted by molar-refractivity contribution is 7.94. The van der Waals surface area contributed by atoms with Crippen molar-refractivity contribution in [2.45, 2.75) is 11.1 Å². The second-order valence-electron chi connectivity index (χ2n) is 3.15. The van der Waals surface area contributed by atoms with E-state index >= 15 is 0 Å². The SMILES string of the molecule is Cc1nc(Cl)sc1S(=O)(=O)Nc1ncnn1C. The summed E-state index contributed by atoms with van der Waals surface area (Å²) in [5, 5.41) is 3.76. The van der Waals surface area contributed by atoms with Crippen LogP contribution in [0.25, 0.3) is 0 Å². The highest BCUT2D eigenvalue weighted by Crippen LogP contribution is 2.27. The van der Waals surface area contributed by atoms with Gasteiger partial charge in [-0.1, -0.05) is 22.9 Å². The highest BCUT2D eigenvalue weighted by atomic mass is 35.5. The fourth-order valence-corrected chi connectivity index (χ4v) is 3.93. The molecule has 1 N–H and O–H groups in total. The van der Waals surface area contributed by atoms with Crippen molar-refractivity contribution < 1.29 is 8.42 Å². The van der Waals surface area contributed by atoms with Gasteiger partial charge in [-0.05, 0) is 6.92 Å². The molecule has 2 heterocycles. The highest BCUT2D eigenvalue weighted by Gasteiger charge is 2.23. The molecule has 0 bridgehead atoms. The summed E-state index contributed by atoms with van der Waals surface area (Å²) < 4.78 is 27.9. The van der Waals surface area contributed by atoms with Crippen LogP contribution in [-0.4, -0.2) is 28.2 Å². The van der Waals surface area contributed by atoms with E-state index in [2.05, 4.69) is 19.8 Å². The Morgan fingerprint density at radius 2 is 2.24 bits per heavy atom. The number of hydrogen-bond acceptors (Lipinski definition) is 6. The van der Waals surface area contributed by atoms with Gasteiger partial charge in [-0.2, -0.15) is 10.1 Å². The van der Waals surface area contributed by atoms with Crippen LogP contribution in [0.1, 0.15) is 5.69 Å². The predicted molar refractivity (Wildman–Crippen MR) is 63.7 cm³/mol. The van der Waals surface area contributed by atoms with Crippen molar-refractivity contribution in [1.29, 1.82) is 0 Å². The molecule has 0 aromatic carbocycles. The quantitative estimate of drug-likeness (QED) is 0.913. The Morgan fingerprint density at radius 1 is 1.53 bits per heavy atom. The van der Waals surface area contributed by atoms with E-state index in [1.165, 1.54) is 11.0 Å². The number of anilines is 1. The topological polar surface area (TPSA) is 89.8 Å². The Kier molecular flexibility index (Phi) is 3.06. The summed E-state index contributed by atoms with van der Waals surface area (Å²) in [6.07, 6.45) is 1.25. The number of rotatable bonds is 3. The third-order valence-corrected chi connectivity index (χ3v) is 5.11. The number of thiazole rings is 1. The number of aryl methyl sites for hydroxylation is 2. The third-order valence-electron chi connectivity index (χ3n) is 1.91. The van der Waals surface area contributed by atoms with Crippen molar-refractivity contribution in [3.63, 3.8) is 0 Å². The first-order chi connectivity index (χ1) is 7.90. The van der Waals surface area contributed by atoms with Crippen molar-refractivity contribution in [1.82, 2.24) is 19.7 Å². The maximum atomic E-state index is 12.0. The Morgan fingerprint density at radius 3 is 2.71 bits per heavy atom. The van der Waals surface area contributed by atoms with E-state index < -0.39 is 10.0 Å². The molecule has 0 saturated heterocycles. The summed E-state index contributed by atoms with van der Waals surface area (Å²) in [5.41, 5.74) is 0.356. The molecule has 10 heteroatoms. The molecule has 7 nitrogen and oxygen atoms in total. The monoisotopic (exact) mass is 293 g/mol. The largest absolute Gasteiger partial charge is 0.275 e. The number of hydrogen-bond donors (Lipinski definition) is 1. The lowest BCUT2D eigenvalue weighted by Gasteiger charge is -2.04. The molecule has 92 valence electrons. The molecule has 0 amide bonds. The number of nitrogens with zero attached hydrogens (tertiary/aromatic N) is 4. The smallest absolute Gasteiger partial charge is 0.247 e. The summed E-state index contributed by atoms with van der Waals surface area (Å²) in [4.78, 5) is 7.63. The van der Waals surface area contributed by atoms with E-state index in [9.17, 15) is 8.42 Å². The Bertz CT molecular complexity index is 647. The van der Waals surface area contributed by atoms with Gasteiger partial charge >= 0.3 is 0 Å². The lowest BCUT2D eigenvalue weighted by molar-refractivity contribution is 0.601. The molecule has 0 spiro atoms. The summed E-state index contributed by atoms with van der Waals surface area (Å²) in [6.45, 7) is 1.58. The molecular formula is C7H8ClN5O2S2. The van der Waals surface area contributed by atoms with Gasteiger partial charge in [-0.3, -0.25) is 0 Å². The maximum absolute atomic E-state index is 12.0. The maximum Gasteiger partial charge on any atom is 0.275 e. The molecule has 0 saturated carbocycles. The fraction of sp³-hybridized carbons (Fsp3) is 0.286. The molecule has 0 aliphatic carbocycles. The van der Waals surface area contributed by atoms with E-state index in [0.29, 0.717) is 5.69 Å². The second kappa shape index (κ2) is 4.24. The third kappa shape index (κ3) is 2.40. The second-order valence-corrected chi connectivity index (χ2v) is 6.61. The van der Waals surface area contributed by atoms with Crippen molar-refractivity contribution in [2.75, 3.05) is 4.72 Å². The van der Waals surface area contributed by atoms with Crippen molar-refractivity contribution >= 4 is 38.9 Å². The van der Waals surface area contributed by atoms with Gasteiger partial charge in [0.2, 0.25) is 5.95 Å². The van der Waals surface area contributed by atoms with Crippen LogP contribution in [0, 0.1) is 6.92 Å². The van der Waals surface area contributed by atoms with Gasteiger partial charge < -0.3 is 0 Å². The van der Waals surface area contributed by atoms with Gasteiger partial charge in [0, 0.05) is 7.05 Å². The van der Waals surface area contributed by atoms with Crippen LogP contribution >= 0.6 is 22.9 Å². The van der Waals surface area contributed by atoms with E-state index in [-0.39, 0.29) is 14.6 Å². The summed E-state index contributed by atoms with van der Waals surface area (Å²) in [5.74, 6) is 0.133. The normalized spacial score (nSPS) is 11.7. The Balaban J connectivity index is 2.38. The van der Waals surface area contributed by atoms with Crippen molar-refractivity contribution in [3.8, 4) is 0 Å². The molecule has 0 aliphatic rings. The number of nitrogens with one attached hydrogen (secondary N) is 1. The van der Waals surface area contributed by atoms with Crippen LogP contribution < -0.4 is 4.72 Å². The standard InChI is InChI=1S/C7H8ClN5O2S2/c1-4-5(16-6(8)11-4)17(14,15)12-7-9-3-10-13(7)2/h3H,1-2H3,(H,9,10,12). The van der Waals surface area contributed by atoms with Crippen LogP contribution in [0.2, 0.25) is 4.47 Å². The number of halogens is 1. The van der Waals surface area contributed by atoms with Crippen LogP contribution in [0.15, 0.2) is 10.5 Å². The minimum atomic E-state index is -3.72. The van der Waals surface area contributed by atoms with Crippen molar-refractivity contribution in [3.05, 3.63) is 16.5 Å². The average molecular weight is 294 g/mol. The van der Waals surface area contributed by atoms with Gasteiger partial charge in [0.05, 0.1) is 5.69 Å². The molecule has 2 rings (SSSR count). The van der Waals surface area contributed by atoms with Crippen LogP contribution in [-0.2, 0) is 17.1 Å². The average Bonchev–Trinajstić information content (AvgIpc) is 2.74. The van der Waals surface area contributed by atoms with Gasteiger partial charge in [-0.15, -0.1) is 0 Å². The molecular weight excluding hydrogens is 286 g/mol. The summed E-state index contributed by atoms with van der Waals surface area (Å²) in [6, 6.07) is 0.